The molecule has 0 aliphatic heterocycles. The van der Waals surface area contributed by atoms with Crippen molar-refractivity contribution in [3.63, 3.8) is 0 Å². The highest BCUT2D eigenvalue weighted by Gasteiger charge is 2.00. The van der Waals surface area contributed by atoms with E-state index < -0.39 is 5.91 Å². The smallest absolute Gasteiger partial charge is 0.224 e. The van der Waals surface area contributed by atoms with Crippen LogP contribution in [0.5, 0.6) is 0 Å². The average molecular weight is 207 g/mol. The van der Waals surface area contributed by atoms with Crippen LogP contribution in [0.3, 0.4) is 0 Å². The van der Waals surface area contributed by atoms with Crippen LogP contribution in [-0.4, -0.2) is 11.7 Å². The van der Waals surface area contributed by atoms with E-state index in [1.165, 1.54) is 5.56 Å². The van der Waals surface area contributed by atoms with E-state index in [-0.39, 0.29) is 12.2 Å². The molecule has 0 aliphatic rings. The van der Waals surface area contributed by atoms with E-state index in [9.17, 15) is 9.59 Å². The second-order valence-electron chi connectivity index (χ2n) is 3.19. The number of amides is 1. The number of nitrogens with two attached hydrogens (primary N) is 1. The fourth-order valence-electron chi connectivity index (χ4n) is 0.854. The van der Waals surface area contributed by atoms with Crippen LogP contribution >= 0.6 is 0 Å². The molecule has 0 bridgehead atoms. The van der Waals surface area contributed by atoms with Crippen molar-refractivity contribution >= 4 is 11.7 Å². The van der Waals surface area contributed by atoms with Crippen LogP contribution in [0.15, 0.2) is 30.3 Å². The Bertz CT molecular complexity index is 307. The van der Waals surface area contributed by atoms with Crippen LogP contribution in [0.2, 0.25) is 0 Å². The van der Waals surface area contributed by atoms with Gasteiger partial charge in [-0.2, -0.15) is 0 Å². The van der Waals surface area contributed by atoms with Gasteiger partial charge < -0.3 is 5.73 Å². The fraction of sp³-hybridized carbons (Fsp3) is 0.333. The van der Waals surface area contributed by atoms with Crippen molar-refractivity contribution < 1.29 is 9.59 Å². The molecule has 1 aromatic rings. The van der Waals surface area contributed by atoms with E-state index in [0.29, 0.717) is 6.42 Å². The molecule has 0 atom stereocenters. The minimum absolute atomic E-state index is 0.0995. The van der Waals surface area contributed by atoms with Gasteiger partial charge in [-0.15, -0.1) is 0 Å². The van der Waals surface area contributed by atoms with E-state index in [2.05, 4.69) is 19.1 Å². The van der Waals surface area contributed by atoms with Crippen molar-refractivity contribution in [1.82, 2.24) is 0 Å². The molecule has 0 heterocycles. The molecule has 1 amide bonds. The lowest BCUT2D eigenvalue weighted by Gasteiger charge is -1.87. The van der Waals surface area contributed by atoms with Crippen molar-refractivity contribution in [2.75, 3.05) is 0 Å². The average Bonchev–Trinajstić information content (AvgIpc) is 2.19. The van der Waals surface area contributed by atoms with Crippen LogP contribution in [0.25, 0.3) is 0 Å². The molecule has 3 heteroatoms. The molecule has 0 radical (unpaired) electrons. The summed E-state index contributed by atoms with van der Waals surface area (Å²) in [7, 11) is 0. The normalized spacial score (nSPS) is 8.67. The topological polar surface area (TPSA) is 60.2 Å². The Labute approximate surface area is 90.3 Å². The van der Waals surface area contributed by atoms with Crippen molar-refractivity contribution in [3.05, 3.63) is 35.9 Å². The lowest BCUT2D eigenvalue weighted by atomic mass is 10.2. The van der Waals surface area contributed by atoms with Gasteiger partial charge in [0.1, 0.15) is 5.78 Å². The monoisotopic (exact) mass is 207 g/mol. The van der Waals surface area contributed by atoms with Crippen molar-refractivity contribution in [2.24, 2.45) is 5.73 Å². The molecule has 1 rings (SSSR count). The summed E-state index contributed by atoms with van der Waals surface area (Å²) in [5.41, 5.74) is 6.03. The number of carbonyl (C=O) groups excluding carboxylic acids is 2. The summed E-state index contributed by atoms with van der Waals surface area (Å²) in [6.45, 7) is 3.78. The molecule has 15 heavy (non-hydrogen) atoms. The SMILES string of the molecule is CCC(=O)CC(N)=O.Cc1ccccc1. The molecule has 0 fully saturated rings. The highest BCUT2D eigenvalue weighted by molar-refractivity contribution is 5.96. The predicted octanol–water partition coefficient (Wildman–Crippen LogP) is 1.84. The highest BCUT2D eigenvalue weighted by atomic mass is 16.2. The summed E-state index contributed by atoms with van der Waals surface area (Å²) >= 11 is 0. The summed E-state index contributed by atoms with van der Waals surface area (Å²) in [6, 6.07) is 10.3. The minimum Gasteiger partial charge on any atom is -0.369 e. The number of hydrogen-bond acceptors (Lipinski definition) is 2. The largest absolute Gasteiger partial charge is 0.369 e. The molecular formula is C12H17NO2. The van der Waals surface area contributed by atoms with Crippen LogP contribution in [0.4, 0.5) is 0 Å². The molecule has 0 aliphatic carbocycles. The number of aryl methyl sites for hydroxylation is 1. The second kappa shape index (κ2) is 7.74. The summed E-state index contributed by atoms with van der Waals surface area (Å²) in [5, 5.41) is 0. The molecular weight excluding hydrogens is 190 g/mol. The molecule has 0 unspecified atom stereocenters. The van der Waals surface area contributed by atoms with Gasteiger partial charge >= 0.3 is 0 Å². The summed E-state index contributed by atoms with van der Waals surface area (Å²) < 4.78 is 0. The van der Waals surface area contributed by atoms with Gasteiger partial charge in [-0.25, -0.2) is 0 Å². The van der Waals surface area contributed by atoms with Gasteiger partial charge in [0.05, 0.1) is 6.42 Å². The van der Waals surface area contributed by atoms with Gasteiger partial charge in [0, 0.05) is 6.42 Å². The van der Waals surface area contributed by atoms with Crippen LogP contribution in [-0.2, 0) is 9.59 Å². The molecule has 0 spiro atoms. The Morgan fingerprint density at radius 3 is 1.93 bits per heavy atom. The van der Waals surface area contributed by atoms with Crippen molar-refractivity contribution in [2.45, 2.75) is 26.7 Å². The second-order valence-corrected chi connectivity index (χ2v) is 3.19. The van der Waals surface area contributed by atoms with Crippen molar-refractivity contribution in [3.8, 4) is 0 Å². The maximum Gasteiger partial charge on any atom is 0.224 e. The molecule has 2 N–H and O–H groups in total. The number of carbonyl (C=O) groups is 2. The lowest BCUT2D eigenvalue weighted by molar-refractivity contribution is -0.126. The number of benzene rings is 1. The quantitative estimate of drug-likeness (QED) is 0.769. The Hall–Kier alpha value is -1.64. The number of Topliss-reactive ketones (excluding diaryl/α,β-unsaturated/α-hetero) is 1. The van der Waals surface area contributed by atoms with E-state index in [1.807, 2.05) is 18.2 Å². The maximum atomic E-state index is 10.3. The number of rotatable bonds is 3. The zero-order valence-electron chi connectivity index (χ0n) is 9.19. The van der Waals surface area contributed by atoms with Crippen LogP contribution < -0.4 is 5.73 Å². The maximum absolute atomic E-state index is 10.3. The van der Waals surface area contributed by atoms with E-state index in [1.54, 1.807) is 6.92 Å². The van der Waals surface area contributed by atoms with Gasteiger partial charge in [0.25, 0.3) is 0 Å². The zero-order valence-corrected chi connectivity index (χ0v) is 9.19. The summed E-state index contributed by atoms with van der Waals surface area (Å²) in [5.74, 6) is -0.644. The molecule has 1 aromatic carbocycles. The van der Waals surface area contributed by atoms with Crippen LogP contribution in [0, 0.1) is 6.92 Å². The number of primary amides is 1. The zero-order chi connectivity index (χ0) is 11.7. The van der Waals surface area contributed by atoms with Crippen molar-refractivity contribution in [1.29, 1.82) is 0 Å². The summed E-state index contributed by atoms with van der Waals surface area (Å²) in [6.07, 6.45) is 0.277. The number of hydrogen-bond donors (Lipinski definition) is 1. The first kappa shape index (κ1) is 13.4. The molecule has 0 aromatic heterocycles. The van der Waals surface area contributed by atoms with Gasteiger partial charge in [0.2, 0.25) is 5.91 Å². The van der Waals surface area contributed by atoms with Crippen LogP contribution in [0.1, 0.15) is 25.3 Å². The van der Waals surface area contributed by atoms with E-state index in [0.717, 1.165) is 0 Å². The first-order chi connectivity index (χ1) is 7.06. The molecule has 82 valence electrons. The fourth-order valence-corrected chi connectivity index (χ4v) is 0.854. The predicted molar refractivity (Wildman–Crippen MR) is 60.3 cm³/mol. The van der Waals surface area contributed by atoms with Gasteiger partial charge in [-0.1, -0.05) is 42.8 Å². The van der Waals surface area contributed by atoms with Gasteiger partial charge in [0.15, 0.2) is 0 Å². The molecule has 0 saturated carbocycles. The van der Waals surface area contributed by atoms with E-state index in [4.69, 9.17) is 5.73 Å². The third-order valence-corrected chi connectivity index (χ3v) is 1.71. The summed E-state index contributed by atoms with van der Waals surface area (Å²) in [4.78, 5) is 20.3. The first-order valence-corrected chi connectivity index (χ1v) is 4.88. The Kier molecular flexibility index (Phi) is 6.89. The Balaban J connectivity index is 0.000000262. The van der Waals surface area contributed by atoms with Gasteiger partial charge in [-0.3, -0.25) is 9.59 Å². The Morgan fingerprint density at radius 1 is 1.20 bits per heavy atom. The number of ketones is 1. The van der Waals surface area contributed by atoms with E-state index >= 15 is 0 Å². The third kappa shape index (κ3) is 8.68. The Morgan fingerprint density at radius 2 is 1.73 bits per heavy atom. The third-order valence-electron chi connectivity index (χ3n) is 1.71. The molecule has 0 saturated heterocycles. The van der Waals surface area contributed by atoms with Gasteiger partial charge in [-0.05, 0) is 6.92 Å². The molecule has 3 nitrogen and oxygen atoms in total. The lowest BCUT2D eigenvalue weighted by Crippen LogP contribution is -2.15. The minimum atomic E-state index is -0.545. The first-order valence-electron chi connectivity index (χ1n) is 4.88. The standard InChI is InChI=1S/C7H8.C5H9NO2/c1-7-5-3-2-4-6-7;1-2-4(7)3-5(6)8/h2-6H,1H3;2-3H2,1H3,(H2,6,8). The highest BCUT2D eigenvalue weighted by Crippen LogP contribution is 1.92.